The van der Waals surface area contributed by atoms with E-state index in [1.54, 1.807) is 30.3 Å². The van der Waals surface area contributed by atoms with E-state index < -0.39 is 13.3 Å². The van der Waals surface area contributed by atoms with E-state index in [-0.39, 0.29) is 65.5 Å². The molecule has 6 heteroatoms. The van der Waals surface area contributed by atoms with Crippen LogP contribution in [-0.2, 0) is 11.0 Å². The zero-order valence-electron chi connectivity index (χ0n) is 11.7. The minimum absolute atomic E-state index is 0. The van der Waals surface area contributed by atoms with E-state index in [9.17, 15) is 14.4 Å². The molecule has 0 aromatic heterocycles. The van der Waals surface area contributed by atoms with Crippen LogP contribution < -0.4 is 68.9 Å². The molecule has 0 fully saturated rings. The number of hydrogen-bond donors (Lipinski definition) is 0. The van der Waals surface area contributed by atoms with Crippen LogP contribution in [0.1, 0.15) is 16.8 Å². The molecule has 1 atom stereocenters. The molecule has 2 aromatic carbocycles. The molecule has 0 heterocycles. The van der Waals surface area contributed by atoms with Gasteiger partial charge in [-0.15, -0.1) is 0 Å². The minimum atomic E-state index is -4.66. The largest absolute Gasteiger partial charge is 1.00 e. The fraction of sp³-hybridized carbons (Fsp3) is 0.143. The molecule has 0 saturated heterocycles. The molecule has 0 aliphatic heterocycles. The molecule has 3 nitrogen and oxygen atoms in total. The molecule has 0 amide bonds. The van der Waals surface area contributed by atoms with Crippen LogP contribution in [0.3, 0.4) is 0 Å². The van der Waals surface area contributed by atoms with Gasteiger partial charge in [-0.1, -0.05) is 68.3 Å². The maximum absolute atomic E-state index is 11.4. The minimum Gasteiger partial charge on any atom is -0.810 e. The summed E-state index contributed by atoms with van der Waals surface area (Å²) in [5, 5.41) is 0. The second kappa shape index (κ2) is 9.58. The van der Waals surface area contributed by atoms with Crippen LogP contribution >= 0.6 is 7.60 Å². The predicted molar refractivity (Wildman–Crippen MR) is 66.9 cm³/mol. The Bertz CT molecular complexity index is 543. The Labute approximate surface area is 163 Å². The molecule has 0 aliphatic rings. The number of rotatable bonds is 4. The van der Waals surface area contributed by atoms with Crippen molar-refractivity contribution in [1.82, 2.24) is 0 Å². The number of benzene rings is 2. The van der Waals surface area contributed by atoms with E-state index in [2.05, 4.69) is 0 Å². The van der Waals surface area contributed by atoms with Crippen LogP contribution in [0, 0.1) is 0 Å². The molecule has 0 spiro atoms. The van der Waals surface area contributed by atoms with Gasteiger partial charge in [-0.25, -0.2) is 0 Å². The fourth-order valence-electron chi connectivity index (χ4n) is 1.92. The fourth-order valence-corrected chi connectivity index (χ4v) is 2.90. The third kappa shape index (κ3) is 6.15. The van der Waals surface area contributed by atoms with Crippen molar-refractivity contribution >= 4 is 7.60 Å². The van der Waals surface area contributed by atoms with Gasteiger partial charge >= 0.3 is 59.1 Å². The third-order valence-electron chi connectivity index (χ3n) is 2.84. The molecular weight excluding hydrogens is 293 g/mol. The molecule has 20 heavy (non-hydrogen) atoms. The zero-order chi connectivity index (χ0) is 13.0. The molecule has 0 radical (unpaired) electrons. The van der Waals surface area contributed by atoms with Crippen LogP contribution in [0.4, 0.5) is 0 Å². The van der Waals surface area contributed by atoms with E-state index in [1.807, 2.05) is 30.3 Å². The summed E-state index contributed by atoms with van der Waals surface area (Å²) in [6, 6.07) is 17.8. The molecule has 94 valence electrons. The van der Waals surface area contributed by atoms with Gasteiger partial charge in [0.25, 0.3) is 0 Å². The Morgan fingerprint density at radius 2 is 1.30 bits per heavy atom. The van der Waals surface area contributed by atoms with E-state index in [0.717, 1.165) is 5.56 Å². The summed E-state index contributed by atoms with van der Waals surface area (Å²) in [4.78, 5) is 22.8. The second-order valence-corrected chi connectivity index (χ2v) is 5.86. The molecule has 1 unspecified atom stereocenters. The van der Waals surface area contributed by atoms with Crippen molar-refractivity contribution < 1.29 is 73.5 Å². The van der Waals surface area contributed by atoms with Crippen molar-refractivity contribution in [3.8, 4) is 0 Å². The van der Waals surface area contributed by atoms with Crippen molar-refractivity contribution in [3.63, 3.8) is 0 Å². The molecular formula is C14H13Na2O3P. The average molecular weight is 306 g/mol. The van der Waals surface area contributed by atoms with Crippen LogP contribution in [0.2, 0.25) is 0 Å². The van der Waals surface area contributed by atoms with Gasteiger partial charge in [0.15, 0.2) is 0 Å². The molecule has 0 saturated carbocycles. The monoisotopic (exact) mass is 306 g/mol. The summed E-state index contributed by atoms with van der Waals surface area (Å²) in [7, 11) is -4.66. The molecule has 0 bridgehead atoms. The zero-order valence-corrected chi connectivity index (χ0v) is 16.6. The van der Waals surface area contributed by atoms with Gasteiger partial charge in [-0.05, 0) is 17.5 Å². The third-order valence-corrected chi connectivity index (χ3v) is 4.08. The van der Waals surface area contributed by atoms with Gasteiger partial charge in [0.05, 0.1) is 0 Å². The van der Waals surface area contributed by atoms with E-state index in [0.29, 0.717) is 5.56 Å². The SMILES string of the molecule is O=P([O-])([O-])C(Cc1ccccc1)c1ccccc1.[Na+].[Na+]. The maximum Gasteiger partial charge on any atom is 1.00 e. The number of hydrogen-bond acceptors (Lipinski definition) is 3. The van der Waals surface area contributed by atoms with Gasteiger partial charge < -0.3 is 14.4 Å². The van der Waals surface area contributed by atoms with Crippen molar-refractivity contribution in [1.29, 1.82) is 0 Å². The molecule has 2 aromatic rings. The smallest absolute Gasteiger partial charge is 0.810 e. The molecule has 2 rings (SSSR count). The normalized spacial score (nSPS) is 11.9. The van der Waals surface area contributed by atoms with Crippen molar-refractivity contribution in [2.75, 3.05) is 0 Å². The Morgan fingerprint density at radius 3 is 1.75 bits per heavy atom. The van der Waals surface area contributed by atoms with Crippen molar-refractivity contribution in [3.05, 3.63) is 71.8 Å². The average Bonchev–Trinajstić information content (AvgIpc) is 2.37. The summed E-state index contributed by atoms with van der Waals surface area (Å²) in [6.07, 6.45) is 0.217. The Balaban J connectivity index is 0.00000180. The Hall–Kier alpha value is 0.590. The topological polar surface area (TPSA) is 63.2 Å². The summed E-state index contributed by atoms with van der Waals surface area (Å²) in [5.74, 6) is 0. The van der Waals surface area contributed by atoms with Crippen LogP contribution in [0.25, 0.3) is 0 Å². The quantitative estimate of drug-likeness (QED) is 0.426. The maximum atomic E-state index is 11.4. The van der Waals surface area contributed by atoms with Crippen LogP contribution in [0.15, 0.2) is 60.7 Å². The van der Waals surface area contributed by atoms with Gasteiger partial charge in [0.2, 0.25) is 0 Å². The first kappa shape index (κ1) is 20.6. The van der Waals surface area contributed by atoms with Gasteiger partial charge in [-0.3, -0.25) is 0 Å². The first-order valence-electron chi connectivity index (χ1n) is 5.68. The van der Waals surface area contributed by atoms with Crippen molar-refractivity contribution in [2.45, 2.75) is 12.1 Å². The first-order chi connectivity index (χ1) is 8.57. The summed E-state index contributed by atoms with van der Waals surface area (Å²) in [6.45, 7) is 0. The second-order valence-electron chi connectivity index (χ2n) is 4.16. The van der Waals surface area contributed by atoms with Gasteiger partial charge in [0.1, 0.15) is 0 Å². The summed E-state index contributed by atoms with van der Waals surface area (Å²) < 4.78 is 11.4. The molecule has 0 N–H and O–H groups in total. The van der Waals surface area contributed by atoms with Gasteiger partial charge in [-0.2, -0.15) is 0 Å². The van der Waals surface area contributed by atoms with Crippen molar-refractivity contribution in [2.24, 2.45) is 0 Å². The Kier molecular flexibility index (Phi) is 9.86. The summed E-state index contributed by atoms with van der Waals surface area (Å²) >= 11 is 0. The Morgan fingerprint density at radius 1 is 0.850 bits per heavy atom. The standard InChI is InChI=1S/C14H15O3P.2Na/c15-18(16,17)14(13-9-5-2-6-10-13)11-12-7-3-1-4-8-12;;/h1-10,14H,11H2,(H2,15,16,17);;/q;2*+1/p-2. The van der Waals surface area contributed by atoms with Gasteiger partial charge in [0, 0.05) is 5.66 Å². The van der Waals surface area contributed by atoms with E-state index in [4.69, 9.17) is 0 Å². The van der Waals surface area contributed by atoms with Crippen LogP contribution in [0.5, 0.6) is 0 Å². The van der Waals surface area contributed by atoms with E-state index >= 15 is 0 Å². The summed E-state index contributed by atoms with van der Waals surface area (Å²) in [5.41, 5.74) is 0.397. The first-order valence-corrected chi connectivity index (χ1v) is 7.29. The van der Waals surface area contributed by atoms with E-state index in [1.165, 1.54) is 0 Å². The molecule has 0 aliphatic carbocycles. The van der Waals surface area contributed by atoms with Crippen LogP contribution in [-0.4, -0.2) is 0 Å². The predicted octanol–water partition coefficient (Wildman–Crippen LogP) is -4.11.